The number of morpholine rings is 1. The van der Waals surface area contributed by atoms with E-state index in [1.165, 1.54) is 6.08 Å². The van der Waals surface area contributed by atoms with Gasteiger partial charge < -0.3 is 10.1 Å². The minimum Gasteiger partial charge on any atom is -0.379 e. The summed E-state index contributed by atoms with van der Waals surface area (Å²) in [7, 11) is 0. The first-order valence-electron chi connectivity index (χ1n) is 6.86. The third-order valence-electron chi connectivity index (χ3n) is 3.21. The molecule has 1 fully saturated rings. The number of ether oxygens (including phenoxy) is 1. The highest BCUT2D eigenvalue weighted by molar-refractivity contribution is 6.35. The van der Waals surface area contributed by atoms with Gasteiger partial charge in [-0.15, -0.1) is 0 Å². The number of amides is 1. The summed E-state index contributed by atoms with van der Waals surface area (Å²) in [6, 6.07) is 5.17. The molecule has 0 aromatic heterocycles. The monoisotopic (exact) mass is 328 g/mol. The Kier molecular flexibility index (Phi) is 6.51. The van der Waals surface area contributed by atoms with E-state index in [2.05, 4.69) is 10.2 Å². The minimum absolute atomic E-state index is 0.130. The molecular weight excluding hydrogens is 311 g/mol. The Hall–Kier alpha value is -1.07. The van der Waals surface area contributed by atoms with Crippen molar-refractivity contribution in [1.82, 2.24) is 10.2 Å². The van der Waals surface area contributed by atoms with E-state index in [0.29, 0.717) is 16.6 Å². The third-order valence-corrected chi connectivity index (χ3v) is 3.77. The first-order valence-corrected chi connectivity index (χ1v) is 7.62. The van der Waals surface area contributed by atoms with Crippen molar-refractivity contribution in [3.63, 3.8) is 0 Å². The molecule has 1 aromatic rings. The summed E-state index contributed by atoms with van der Waals surface area (Å²) in [5, 5.41) is 3.96. The van der Waals surface area contributed by atoms with Gasteiger partial charge in [-0.1, -0.05) is 29.3 Å². The molecular formula is C15H18Cl2N2O2. The fourth-order valence-electron chi connectivity index (χ4n) is 2.02. The molecule has 2 rings (SSSR count). The Morgan fingerprint density at radius 2 is 2.10 bits per heavy atom. The van der Waals surface area contributed by atoms with Crippen LogP contribution in [0.5, 0.6) is 0 Å². The normalized spacial score (nSPS) is 16.3. The smallest absolute Gasteiger partial charge is 0.244 e. The molecule has 0 radical (unpaired) electrons. The lowest BCUT2D eigenvalue weighted by Gasteiger charge is -2.26. The summed E-state index contributed by atoms with van der Waals surface area (Å²) in [6.07, 6.45) is 3.16. The number of carbonyl (C=O) groups excluding carboxylic acids is 1. The molecule has 1 saturated heterocycles. The zero-order valence-electron chi connectivity index (χ0n) is 11.6. The third kappa shape index (κ3) is 5.67. The van der Waals surface area contributed by atoms with Gasteiger partial charge in [0.2, 0.25) is 5.91 Å². The molecule has 0 unspecified atom stereocenters. The predicted octanol–water partition coefficient (Wildman–Crippen LogP) is 2.46. The van der Waals surface area contributed by atoms with Crippen LogP contribution in [0.25, 0.3) is 6.08 Å². The van der Waals surface area contributed by atoms with Crippen LogP contribution in [0.4, 0.5) is 0 Å². The second-order valence-electron chi connectivity index (χ2n) is 4.74. The van der Waals surface area contributed by atoms with Gasteiger partial charge in [-0.05, 0) is 23.8 Å². The van der Waals surface area contributed by atoms with E-state index < -0.39 is 0 Å². The maximum atomic E-state index is 11.7. The van der Waals surface area contributed by atoms with Crippen molar-refractivity contribution in [1.29, 1.82) is 0 Å². The summed E-state index contributed by atoms with van der Waals surface area (Å²) in [4.78, 5) is 14.0. The van der Waals surface area contributed by atoms with Crippen molar-refractivity contribution in [2.24, 2.45) is 0 Å². The zero-order chi connectivity index (χ0) is 15.1. The molecule has 1 N–H and O–H groups in total. The number of nitrogens with zero attached hydrogens (tertiary/aromatic N) is 1. The summed E-state index contributed by atoms with van der Waals surface area (Å²) in [6.45, 7) is 4.84. The van der Waals surface area contributed by atoms with Gasteiger partial charge in [0.05, 0.1) is 13.2 Å². The first kappa shape index (κ1) is 16.3. The zero-order valence-corrected chi connectivity index (χ0v) is 13.2. The fourth-order valence-corrected chi connectivity index (χ4v) is 2.49. The Labute approximate surface area is 134 Å². The van der Waals surface area contributed by atoms with Gasteiger partial charge in [0.1, 0.15) is 0 Å². The lowest BCUT2D eigenvalue weighted by Crippen LogP contribution is -2.41. The molecule has 0 saturated carbocycles. The number of hydrogen-bond donors (Lipinski definition) is 1. The van der Waals surface area contributed by atoms with Crippen molar-refractivity contribution in [3.05, 3.63) is 39.9 Å². The van der Waals surface area contributed by atoms with E-state index >= 15 is 0 Å². The van der Waals surface area contributed by atoms with Crippen LogP contribution in [0.3, 0.4) is 0 Å². The minimum atomic E-state index is -0.130. The van der Waals surface area contributed by atoms with Crippen molar-refractivity contribution in [2.75, 3.05) is 39.4 Å². The molecule has 0 aliphatic carbocycles. The molecule has 21 heavy (non-hydrogen) atoms. The van der Waals surface area contributed by atoms with Gasteiger partial charge >= 0.3 is 0 Å². The number of rotatable bonds is 5. The number of carbonyl (C=O) groups is 1. The molecule has 6 heteroatoms. The number of benzene rings is 1. The van der Waals surface area contributed by atoms with Crippen LogP contribution in [-0.2, 0) is 9.53 Å². The molecule has 0 bridgehead atoms. The highest BCUT2D eigenvalue weighted by Crippen LogP contribution is 2.21. The second kappa shape index (κ2) is 8.39. The predicted molar refractivity (Wildman–Crippen MR) is 85.8 cm³/mol. The lowest BCUT2D eigenvalue weighted by atomic mass is 10.2. The molecule has 0 spiro atoms. The van der Waals surface area contributed by atoms with E-state index in [4.69, 9.17) is 27.9 Å². The van der Waals surface area contributed by atoms with E-state index in [0.717, 1.165) is 38.4 Å². The van der Waals surface area contributed by atoms with Crippen LogP contribution in [0.2, 0.25) is 10.0 Å². The first-order chi connectivity index (χ1) is 10.1. The van der Waals surface area contributed by atoms with Crippen LogP contribution in [-0.4, -0.2) is 50.2 Å². The van der Waals surface area contributed by atoms with Gasteiger partial charge in [0.25, 0.3) is 0 Å². The maximum absolute atomic E-state index is 11.7. The summed E-state index contributed by atoms with van der Waals surface area (Å²) in [5.74, 6) is -0.130. The standard InChI is InChI=1S/C15H18Cl2N2O2/c16-13-3-1-12(14(17)11-13)2-4-15(20)18-5-6-19-7-9-21-10-8-19/h1-4,11H,5-10H2,(H,18,20)/b4-2+. The number of halogens is 2. The lowest BCUT2D eigenvalue weighted by molar-refractivity contribution is -0.116. The van der Waals surface area contributed by atoms with Crippen LogP contribution >= 0.6 is 23.2 Å². The van der Waals surface area contributed by atoms with Gasteiger partial charge in [-0.25, -0.2) is 0 Å². The second-order valence-corrected chi connectivity index (χ2v) is 5.59. The summed E-state index contributed by atoms with van der Waals surface area (Å²) >= 11 is 11.9. The molecule has 0 atom stereocenters. The van der Waals surface area contributed by atoms with Crippen molar-refractivity contribution in [3.8, 4) is 0 Å². The molecule has 1 aromatic carbocycles. The van der Waals surface area contributed by atoms with Crippen molar-refractivity contribution in [2.45, 2.75) is 0 Å². The molecule has 114 valence electrons. The molecule has 1 heterocycles. The van der Waals surface area contributed by atoms with Gasteiger partial charge in [-0.3, -0.25) is 9.69 Å². The highest BCUT2D eigenvalue weighted by atomic mass is 35.5. The molecule has 4 nitrogen and oxygen atoms in total. The number of nitrogens with one attached hydrogen (secondary N) is 1. The Bertz CT molecular complexity index is 514. The van der Waals surface area contributed by atoms with E-state index in [1.807, 2.05) is 0 Å². The largest absolute Gasteiger partial charge is 0.379 e. The van der Waals surface area contributed by atoms with Crippen LogP contribution in [0.1, 0.15) is 5.56 Å². The van der Waals surface area contributed by atoms with E-state index in [-0.39, 0.29) is 5.91 Å². The maximum Gasteiger partial charge on any atom is 0.244 e. The average molecular weight is 329 g/mol. The van der Waals surface area contributed by atoms with E-state index in [9.17, 15) is 4.79 Å². The Morgan fingerprint density at radius 1 is 1.33 bits per heavy atom. The fraction of sp³-hybridized carbons (Fsp3) is 0.400. The quantitative estimate of drug-likeness (QED) is 0.844. The highest BCUT2D eigenvalue weighted by Gasteiger charge is 2.09. The van der Waals surface area contributed by atoms with Crippen LogP contribution < -0.4 is 5.32 Å². The Balaban J connectivity index is 1.74. The van der Waals surface area contributed by atoms with Crippen LogP contribution in [0.15, 0.2) is 24.3 Å². The Morgan fingerprint density at radius 3 is 2.81 bits per heavy atom. The van der Waals surface area contributed by atoms with Crippen LogP contribution in [0, 0.1) is 0 Å². The van der Waals surface area contributed by atoms with E-state index in [1.54, 1.807) is 24.3 Å². The molecule has 1 aliphatic rings. The molecule has 1 amide bonds. The van der Waals surface area contributed by atoms with Crippen molar-refractivity contribution >= 4 is 35.2 Å². The molecule has 1 aliphatic heterocycles. The average Bonchev–Trinajstić information content (AvgIpc) is 2.47. The van der Waals surface area contributed by atoms with Gasteiger partial charge in [0, 0.05) is 42.3 Å². The SMILES string of the molecule is O=C(/C=C/c1ccc(Cl)cc1Cl)NCCN1CCOCC1. The van der Waals surface area contributed by atoms with Gasteiger partial charge in [-0.2, -0.15) is 0 Å². The number of hydrogen-bond acceptors (Lipinski definition) is 3. The van der Waals surface area contributed by atoms with Crippen molar-refractivity contribution < 1.29 is 9.53 Å². The van der Waals surface area contributed by atoms with Gasteiger partial charge in [0.15, 0.2) is 0 Å². The summed E-state index contributed by atoms with van der Waals surface area (Å²) < 4.78 is 5.27. The summed E-state index contributed by atoms with van der Waals surface area (Å²) in [5.41, 5.74) is 0.768. The topological polar surface area (TPSA) is 41.6 Å².